The molecule has 11 N–H and O–H groups in total. The van der Waals surface area contributed by atoms with Crippen molar-refractivity contribution >= 4 is 11.9 Å². The molecule has 0 rings (SSSR count). The van der Waals surface area contributed by atoms with Crippen molar-refractivity contribution in [3.8, 4) is 0 Å². The third kappa shape index (κ3) is 37.8. The summed E-state index contributed by atoms with van der Waals surface area (Å²) in [7, 11) is 2.95. The third-order valence-corrected chi connectivity index (χ3v) is 0.643. The second kappa shape index (κ2) is 16.7. The first-order valence-corrected chi connectivity index (χ1v) is 3.77. The molecule has 0 atom stereocenters. The first-order chi connectivity index (χ1) is 7.79. The van der Waals surface area contributed by atoms with E-state index in [0.717, 1.165) is 0 Å². The molecule has 0 aromatic carbocycles. The molecule has 0 aliphatic rings. The molecule has 0 amide bonds. The molecule has 0 radical (unpaired) electrons. The van der Waals surface area contributed by atoms with E-state index < -0.39 is 16.0 Å². The van der Waals surface area contributed by atoms with Gasteiger partial charge < -0.3 is 33.7 Å². The van der Waals surface area contributed by atoms with Gasteiger partial charge in [-0.25, -0.2) is 20.2 Å². The molecule has 0 bridgehead atoms. The van der Waals surface area contributed by atoms with E-state index in [4.69, 9.17) is 5.73 Å². The highest BCUT2D eigenvalue weighted by atomic mass is 16.7. The van der Waals surface area contributed by atoms with Gasteiger partial charge in [-0.3, -0.25) is 0 Å². The van der Waals surface area contributed by atoms with Gasteiger partial charge in [0.25, 0.3) is 11.9 Å². The molecule has 0 heterocycles. The Morgan fingerprint density at radius 1 is 1.06 bits per heavy atom. The van der Waals surface area contributed by atoms with E-state index in [2.05, 4.69) is 32.7 Å². The van der Waals surface area contributed by atoms with Crippen LogP contribution < -0.4 is 28.3 Å². The minimum atomic E-state index is -0.963. The Bertz CT molecular complexity index is 285. The van der Waals surface area contributed by atoms with Gasteiger partial charge in [-0.05, 0) is 7.05 Å². The minimum absolute atomic E-state index is 0. The Hall–Kier alpha value is -2.74. The van der Waals surface area contributed by atoms with E-state index in [-0.39, 0.29) is 11.4 Å². The minimum Gasteiger partial charge on any atom is -0.412 e. The zero-order valence-electron chi connectivity index (χ0n) is 9.73. The van der Waals surface area contributed by atoms with Crippen molar-refractivity contribution in [2.24, 2.45) is 33.1 Å². The van der Waals surface area contributed by atoms with Crippen molar-refractivity contribution in [3.05, 3.63) is 20.2 Å². The van der Waals surface area contributed by atoms with Gasteiger partial charge in [-0.15, -0.1) is 0 Å². The highest BCUT2D eigenvalue weighted by Crippen LogP contribution is 1.65. The van der Waals surface area contributed by atoms with Crippen molar-refractivity contribution in [1.82, 2.24) is 5.32 Å². The van der Waals surface area contributed by atoms with Crippen LogP contribution in [-0.4, -0.2) is 41.6 Å². The van der Waals surface area contributed by atoms with Crippen LogP contribution in [0.15, 0.2) is 10.2 Å². The maximum absolute atomic E-state index is 9.47. The number of nitro groups is 2. The number of nitrogens with one attached hydrogen (secondary N) is 1. The van der Waals surface area contributed by atoms with Gasteiger partial charge in [-0.2, -0.15) is 0 Å². The fourth-order valence-corrected chi connectivity index (χ4v) is 0.232. The molecule has 14 nitrogen and oxygen atoms in total. The lowest BCUT2D eigenvalue weighted by atomic mass is 11.0. The number of guanidine groups is 2. The molecule has 18 heavy (non-hydrogen) atoms. The van der Waals surface area contributed by atoms with Crippen LogP contribution in [0.25, 0.3) is 0 Å². The quantitative estimate of drug-likeness (QED) is 0.141. The van der Waals surface area contributed by atoms with Crippen LogP contribution >= 0.6 is 0 Å². The lowest BCUT2D eigenvalue weighted by molar-refractivity contribution is -0.485. The van der Waals surface area contributed by atoms with Crippen molar-refractivity contribution < 1.29 is 15.5 Å². The standard InChI is InChI=1S/C2H6N4O2.CH4N4O2.CH5N.H2O/c1-4-2(3)5-6(7)8;2-1(3)4-5(6)7;1-2;/h1H3,(H3,3,4,5);(H4,2,3,4);2H2,1H3;1H2. The average Bonchev–Trinajstić information content (AvgIpc) is 2.18. The smallest absolute Gasteiger partial charge is 0.265 e. The van der Waals surface area contributed by atoms with Gasteiger partial charge in [0, 0.05) is 7.05 Å². The summed E-state index contributed by atoms with van der Waals surface area (Å²) in [5, 5.41) is 24.4. The van der Waals surface area contributed by atoms with Crippen LogP contribution in [0.1, 0.15) is 0 Å². The van der Waals surface area contributed by atoms with Crippen LogP contribution in [0, 0.1) is 20.2 Å². The summed E-state index contributed by atoms with van der Waals surface area (Å²) < 4.78 is 0. The summed E-state index contributed by atoms with van der Waals surface area (Å²) in [5.74, 6) is -0.736. The third-order valence-electron chi connectivity index (χ3n) is 0.643. The highest BCUT2D eigenvalue weighted by Gasteiger charge is 1.91. The van der Waals surface area contributed by atoms with Gasteiger partial charge in [0.2, 0.25) is 0 Å². The molecule has 0 saturated carbocycles. The molecule has 0 unspecified atom stereocenters. The van der Waals surface area contributed by atoms with E-state index in [9.17, 15) is 20.2 Å². The van der Waals surface area contributed by atoms with Crippen LogP contribution in [0.4, 0.5) is 0 Å². The van der Waals surface area contributed by atoms with Gasteiger partial charge >= 0.3 is 0 Å². The lowest BCUT2D eigenvalue weighted by Gasteiger charge is -1.87. The summed E-state index contributed by atoms with van der Waals surface area (Å²) >= 11 is 0. The molecule has 0 spiro atoms. The zero-order chi connectivity index (χ0) is 14.4. The van der Waals surface area contributed by atoms with Crippen molar-refractivity contribution in [1.29, 1.82) is 0 Å². The van der Waals surface area contributed by atoms with E-state index in [1.165, 1.54) is 14.1 Å². The summed E-state index contributed by atoms with van der Waals surface area (Å²) in [6.07, 6.45) is 0. The van der Waals surface area contributed by atoms with Gasteiger partial charge in [0.1, 0.15) is 5.10 Å². The molecule has 0 aliphatic heterocycles. The molecule has 0 aromatic heterocycles. The molecular weight excluding hydrogens is 254 g/mol. The van der Waals surface area contributed by atoms with E-state index in [1.807, 2.05) is 0 Å². The number of nitrogens with zero attached hydrogens (tertiary/aromatic N) is 4. The SMILES string of the molecule is CN.CN/C(N)=N/[N+](=O)[O-].NC(N)=N[N+](=O)[O-].O. The van der Waals surface area contributed by atoms with Gasteiger partial charge in [0.15, 0.2) is 10.1 Å². The van der Waals surface area contributed by atoms with E-state index >= 15 is 0 Å². The van der Waals surface area contributed by atoms with Crippen molar-refractivity contribution in [3.63, 3.8) is 0 Å². The second-order valence-electron chi connectivity index (χ2n) is 1.74. The van der Waals surface area contributed by atoms with Crippen molar-refractivity contribution in [2.45, 2.75) is 0 Å². The molecular formula is C4H17N9O5. The maximum Gasteiger partial charge on any atom is 0.265 e. The average molecular weight is 271 g/mol. The number of hydrazone groups is 2. The monoisotopic (exact) mass is 271 g/mol. The lowest BCUT2D eigenvalue weighted by Crippen LogP contribution is -2.28. The molecule has 0 aliphatic carbocycles. The van der Waals surface area contributed by atoms with Crippen LogP contribution in [0.3, 0.4) is 0 Å². The van der Waals surface area contributed by atoms with E-state index in [0.29, 0.717) is 0 Å². The number of hydrogen-bond donors (Lipinski definition) is 5. The fourth-order valence-electron chi connectivity index (χ4n) is 0.232. The first kappa shape index (κ1) is 24.5. The van der Waals surface area contributed by atoms with Gasteiger partial charge in [-0.1, -0.05) is 0 Å². The topological polar surface area (TPSA) is 259 Å². The Labute approximate surface area is 101 Å². The maximum atomic E-state index is 9.47. The Morgan fingerprint density at radius 2 is 1.39 bits per heavy atom. The molecule has 108 valence electrons. The Balaban J connectivity index is -0.0000000916. The predicted octanol–water partition coefficient (Wildman–Crippen LogP) is -4.09. The summed E-state index contributed by atoms with van der Waals surface area (Å²) in [6.45, 7) is 0. The van der Waals surface area contributed by atoms with E-state index in [1.54, 1.807) is 0 Å². The van der Waals surface area contributed by atoms with Gasteiger partial charge in [0.05, 0.1) is 5.10 Å². The largest absolute Gasteiger partial charge is 0.412 e. The second-order valence-corrected chi connectivity index (χ2v) is 1.74. The van der Waals surface area contributed by atoms with Crippen LogP contribution in [-0.2, 0) is 0 Å². The first-order valence-electron chi connectivity index (χ1n) is 3.77. The van der Waals surface area contributed by atoms with Crippen LogP contribution in [0.2, 0.25) is 0 Å². The fraction of sp³-hybridized carbons (Fsp3) is 0.500. The highest BCUT2D eigenvalue weighted by molar-refractivity contribution is 5.76. The summed E-state index contributed by atoms with van der Waals surface area (Å²) in [5.41, 5.74) is 18.5. The zero-order valence-corrected chi connectivity index (χ0v) is 9.73. The Kier molecular flexibility index (Phi) is 22.7. The number of nitrogens with two attached hydrogens (primary N) is 4. The Morgan fingerprint density at radius 3 is 1.44 bits per heavy atom. The normalized spacial score (nSPS) is 8.06. The van der Waals surface area contributed by atoms with Crippen molar-refractivity contribution in [2.75, 3.05) is 14.1 Å². The number of hydrogen-bond acceptors (Lipinski definition) is 5. The summed E-state index contributed by atoms with van der Waals surface area (Å²) in [6, 6.07) is 0. The molecule has 14 heteroatoms. The molecule has 0 aromatic rings. The molecule has 0 saturated heterocycles. The predicted molar refractivity (Wildman–Crippen MR) is 64.2 cm³/mol. The van der Waals surface area contributed by atoms with Crippen LogP contribution in [0.5, 0.6) is 0 Å². The molecule has 0 fully saturated rings. The summed E-state index contributed by atoms with van der Waals surface area (Å²) in [4.78, 5) is 18.7. The number of rotatable bonds is 2.